The van der Waals surface area contributed by atoms with E-state index < -0.39 is 0 Å². The summed E-state index contributed by atoms with van der Waals surface area (Å²) < 4.78 is 0. The lowest BCUT2D eigenvalue weighted by Gasteiger charge is -2.20. The van der Waals surface area contributed by atoms with Gasteiger partial charge in [0.05, 0.1) is 11.4 Å². The molecule has 1 saturated carbocycles. The van der Waals surface area contributed by atoms with Crippen LogP contribution in [0.5, 0.6) is 0 Å². The first-order valence-electron chi connectivity index (χ1n) is 8.42. The van der Waals surface area contributed by atoms with Gasteiger partial charge in [-0.15, -0.1) is 0 Å². The molecular formula is C18H18N4O3. The summed E-state index contributed by atoms with van der Waals surface area (Å²) in [4.78, 5) is 39.8. The van der Waals surface area contributed by atoms with E-state index in [1.165, 1.54) is 11.0 Å². The van der Waals surface area contributed by atoms with Gasteiger partial charge in [0, 0.05) is 17.7 Å². The summed E-state index contributed by atoms with van der Waals surface area (Å²) in [6.07, 6.45) is 2.54. The van der Waals surface area contributed by atoms with E-state index in [0.717, 1.165) is 18.4 Å². The number of aromatic nitrogens is 2. The lowest BCUT2D eigenvalue weighted by Crippen LogP contribution is -2.36. The van der Waals surface area contributed by atoms with Gasteiger partial charge in [0.2, 0.25) is 0 Å². The molecule has 4 rings (SSSR count). The van der Waals surface area contributed by atoms with Crippen LogP contribution in [-0.4, -0.2) is 39.1 Å². The number of hydrogen-bond acceptors (Lipinski definition) is 4. The van der Waals surface area contributed by atoms with Gasteiger partial charge in [0.25, 0.3) is 11.5 Å². The van der Waals surface area contributed by atoms with Crippen molar-refractivity contribution in [2.45, 2.75) is 38.3 Å². The predicted octanol–water partition coefficient (Wildman–Crippen LogP) is 2.15. The van der Waals surface area contributed by atoms with E-state index >= 15 is 0 Å². The van der Waals surface area contributed by atoms with Gasteiger partial charge < -0.3 is 4.90 Å². The van der Waals surface area contributed by atoms with Crippen molar-refractivity contribution in [2.75, 3.05) is 4.90 Å². The van der Waals surface area contributed by atoms with Crippen molar-refractivity contribution < 1.29 is 9.59 Å². The minimum atomic E-state index is -0.380. The number of carbonyl (C=O) groups excluding carboxylic acids is 2. The average Bonchev–Trinajstić information content (AvgIpc) is 3.41. The number of hydrogen-bond donors (Lipinski definition) is 1. The summed E-state index contributed by atoms with van der Waals surface area (Å²) in [6, 6.07) is 9.66. The molecular weight excluding hydrogens is 320 g/mol. The van der Waals surface area contributed by atoms with Gasteiger partial charge in [-0.3, -0.25) is 9.59 Å². The van der Waals surface area contributed by atoms with E-state index in [4.69, 9.17) is 0 Å². The fourth-order valence-electron chi connectivity index (χ4n) is 3.29. The third-order valence-electron chi connectivity index (χ3n) is 4.66. The van der Waals surface area contributed by atoms with Crippen LogP contribution in [0.15, 0.2) is 41.2 Å². The Bertz CT molecular complexity index is 883. The molecule has 1 aliphatic carbocycles. The Hall–Kier alpha value is -2.96. The number of H-pyrrole nitrogens is 1. The Morgan fingerprint density at radius 2 is 1.96 bits per heavy atom. The lowest BCUT2D eigenvalue weighted by molar-refractivity contribution is -0.119. The predicted molar refractivity (Wildman–Crippen MR) is 92.1 cm³/mol. The molecule has 2 aliphatic rings. The van der Waals surface area contributed by atoms with Crippen LogP contribution in [-0.2, 0) is 4.79 Å². The maximum Gasteiger partial charge on any atom is 0.332 e. The van der Waals surface area contributed by atoms with E-state index in [1.807, 2.05) is 13.0 Å². The molecule has 128 valence electrons. The minimum absolute atomic E-state index is 0.175. The minimum Gasteiger partial charge on any atom is -0.309 e. The van der Waals surface area contributed by atoms with Gasteiger partial charge in [-0.25, -0.2) is 14.8 Å². The summed E-state index contributed by atoms with van der Waals surface area (Å²) in [5.41, 5.74) is 1.55. The largest absolute Gasteiger partial charge is 0.332 e. The summed E-state index contributed by atoms with van der Waals surface area (Å²) in [7, 11) is 0. The first kappa shape index (κ1) is 15.6. The fourth-order valence-corrected chi connectivity index (χ4v) is 3.29. The molecule has 1 unspecified atom stereocenters. The summed E-state index contributed by atoms with van der Waals surface area (Å²) in [6.45, 7) is 1.93. The van der Waals surface area contributed by atoms with Gasteiger partial charge in [-0.2, -0.15) is 5.10 Å². The van der Waals surface area contributed by atoms with Crippen LogP contribution in [0.1, 0.15) is 26.2 Å². The topological polar surface area (TPSA) is 86.4 Å². The Kier molecular flexibility index (Phi) is 3.63. The fraction of sp³-hybridized carbons (Fsp3) is 0.333. The quantitative estimate of drug-likeness (QED) is 0.866. The summed E-state index contributed by atoms with van der Waals surface area (Å²) in [5, 5.41) is 6.39. The molecule has 1 atom stereocenters. The van der Waals surface area contributed by atoms with Crippen molar-refractivity contribution in [2.24, 2.45) is 0 Å². The molecule has 7 nitrogen and oxygen atoms in total. The number of imide groups is 1. The number of carbonyl (C=O) groups is 2. The Labute approximate surface area is 144 Å². The van der Waals surface area contributed by atoms with Gasteiger partial charge in [0.1, 0.15) is 6.04 Å². The number of anilines is 1. The molecule has 0 bridgehead atoms. The molecule has 1 N–H and O–H groups in total. The van der Waals surface area contributed by atoms with Crippen molar-refractivity contribution in [1.29, 1.82) is 0 Å². The molecule has 1 aliphatic heterocycles. The van der Waals surface area contributed by atoms with E-state index in [1.54, 1.807) is 29.2 Å². The van der Waals surface area contributed by atoms with Crippen molar-refractivity contribution in [3.05, 3.63) is 46.8 Å². The standard InChI is InChI=1S/C18H18N4O3/c1-2-15-17(24)22(18(25)21(15)12-6-7-12)13-5-3-4-11(10-13)14-8-9-16(23)20-19-14/h3-5,8-10,12,15H,2,6-7H2,1H3,(H,20,23). The number of urea groups is 1. The van der Waals surface area contributed by atoms with Gasteiger partial charge >= 0.3 is 6.03 Å². The highest BCUT2D eigenvalue weighted by Gasteiger charge is 2.50. The Morgan fingerprint density at radius 1 is 1.16 bits per heavy atom. The van der Waals surface area contributed by atoms with Crippen LogP contribution in [0.25, 0.3) is 11.3 Å². The van der Waals surface area contributed by atoms with Crippen molar-refractivity contribution in [3.8, 4) is 11.3 Å². The Balaban J connectivity index is 1.71. The first-order valence-corrected chi connectivity index (χ1v) is 8.42. The normalized spacial score (nSPS) is 20.4. The van der Waals surface area contributed by atoms with Crippen LogP contribution in [0.4, 0.5) is 10.5 Å². The number of nitrogens with zero attached hydrogens (tertiary/aromatic N) is 3. The van der Waals surface area contributed by atoms with Crippen molar-refractivity contribution in [3.63, 3.8) is 0 Å². The van der Waals surface area contributed by atoms with Crippen LogP contribution < -0.4 is 10.5 Å². The Morgan fingerprint density at radius 3 is 2.60 bits per heavy atom. The molecule has 3 amide bonds. The lowest BCUT2D eigenvalue weighted by atomic mass is 10.1. The van der Waals surface area contributed by atoms with E-state index in [0.29, 0.717) is 17.8 Å². The molecule has 0 spiro atoms. The molecule has 2 heterocycles. The number of aromatic amines is 1. The van der Waals surface area contributed by atoms with Crippen LogP contribution in [0.2, 0.25) is 0 Å². The zero-order valence-electron chi connectivity index (χ0n) is 13.8. The van der Waals surface area contributed by atoms with Gasteiger partial charge in [-0.1, -0.05) is 19.1 Å². The second-order valence-electron chi connectivity index (χ2n) is 6.38. The second-order valence-corrected chi connectivity index (χ2v) is 6.38. The smallest absolute Gasteiger partial charge is 0.309 e. The van der Waals surface area contributed by atoms with Gasteiger partial charge in [0.15, 0.2) is 0 Å². The third-order valence-corrected chi connectivity index (χ3v) is 4.66. The third kappa shape index (κ3) is 2.61. The molecule has 0 radical (unpaired) electrons. The SMILES string of the molecule is CCC1C(=O)N(c2cccc(-c3ccc(=O)[nH]n3)c2)C(=O)N1C1CC1. The van der Waals surface area contributed by atoms with E-state index in [9.17, 15) is 14.4 Å². The van der Waals surface area contributed by atoms with Crippen LogP contribution >= 0.6 is 0 Å². The monoisotopic (exact) mass is 338 g/mol. The molecule has 2 aromatic rings. The second kappa shape index (κ2) is 5.84. The number of nitrogens with one attached hydrogen (secondary N) is 1. The molecule has 25 heavy (non-hydrogen) atoms. The zero-order chi connectivity index (χ0) is 17.6. The highest BCUT2D eigenvalue weighted by atomic mass is 16.2. The number of benzene rings is 1. The maximum absolute atomic E-state index is 12.8. The molecule has 7 heteroatoms. The first-order chi connectivity index (χ1) is 12.1. The molecule has 1 aromatic carbocycles. The highest BCUT2D eigenvalue weighted by molar-refractivity contribution is 6.21. The number of rotatable bonds is 4. The highest BCUT2D eigenvalue weighted by Crippen LogP contribution is 2.37. The van der Waals surface area contributed by atoms with E-state index in [2.05, 4.69) is 10.2 Å². The van der Waals surface area contributed by atoms with E-state index in [-0.39, 0.29) is 29.6 Å². The van der Waals surface area contributed by atoms with Gasteiger partial charge in [-0.05, 0) is 37.5 Å². The van der Waals surface area contributed by atoms with Crippen molar-refractivity contribution in [1.82, 2.24) is 15.1 Å². The maximum atomic E-state index is 12.8. The zero-order valence-corrected chi connectivity index (χ0v) is 13.8. The summed E-state index contributed by atoms with van der Waals surface area (Å²) >= 11 is 0. The molecule has 1 aromatic heterocycles. The van der Waals surface area contributed by atoms with Crippen LogP contribution in [0.3, 0.4) is 0 Å². The summed E-state index contributed by atoms with van der Waals surface area (Å²) in [5.74, 6) is -0.175. The average molecular weight is 338 g/mol. The van der Waals surface area contributed by atoms with Crippen LogP contribution in [0, 0.1) is 0 Å². The van der Waals surface area contributed by atoms with Crippen molar-refractivity contribution >= 4 is 17.6 Å². The number of amides is 3. The molecule has 1 saturated heterocycles. The molecule has 2 fully saturated rings.